The Hall–Kier alpha value is -1.48. The molecular weight excluding hydrogens is 366 g/mol. The first-order chi connectivity index (χ1) is 13.1. The Morgan fingerprint density at radius 1 is 1.33 bits per heavy atom. The predicted molar refractivity (Wildman–Crippen MR) is 102 cm³/mol. The van der Waals surface area contributed by atoms with Crippen LogP contribution in [0.25, 0.3) is 0 Å². The van der Waals surface area contributed by atoms with Crippen LogP contribution in [0.3, 0.4) is 0 Å². The number of nitrogens with two attached hydrogens (primary N) is 1. The molecule has 3 aliphatic heterocycles. The summed E-state index contributed by atoms with van der Waals surface area (Å²) in [6, 6.07) is 1.96. The SMILES string of the molecule is NC(=O)CNC(=O)c1cc2c(s1)CCOC21CCN(CC2CCCO2)CC1. The zero-order valence-corrected chi connectivity index (χ0v) is 16.3. The van der Waals surface area contributed by atoms with Crippen LogP contribution in [-0.4, -0.2) is 62.2 Å². The topological polar surface area (TPSA) is 93.9 Å². The lowest BCUT2D eigenvalue weighted by molar-refractivity contribution is -0.117. The molecule has 4 heterocycles. The second-order valence-corrected chi connectivity index (χ2v) is 8.76. The number of fused-ring (bicyclic) bond motifs is 2. The van der Waals surface area contributed by atoms with Crippen molar-refractivity contribution in [1.29, 1.82) is 0 Å². The summed E-state index contributed by atoms with van der Waals surface area (Å²) in [7, 11) is 0. The number of carbonyl (C=O) groups excluding carboxylic acids is 2. The Morgan fingerprint density at radius 3 is 2.85 bits per heavy atom. The lowest BCUT2D eigenvalue weighted by atomic mass is 9.82. The van der Waals surface area contributed by atoms with Crippen LogP contribution in [0.5, 0.6) is 0 Å². The molecule has 2 fully saturated rings. The van der Waals surface area contributed by atoms with Crippen LogP contribution < -0.4 is 11.1 Å². The third kappa shape index (κ3) is 4.03. The van der Waals surface area contributed by atoms with Crippen molar-refractivity contribution in [2.45, 2.75) is 43.8 Å². The third-order valence-electron chi connectivity index (χ3n) is 5.80. The minimum atomic E-state index is -0.539. The van der Waals surface area contributed by atoms with Gasteiger partial charge in [-0.1, -0.05) is 0 Å². The van der Waals surface area contributed by atoms with Gasteiger partial charge in [-0.3, -0.25) is 9.59 Å². The standard InChI is InChI=1S/C19H27N3O4S/c20-17(23)11-21-18(24)16-10-14-15(27-16)3-9-26-19(14)4-6-22(7-5-19)12-13-2-1-8-25-13/h10,13H,1-9,11-12H2,(H2,20,23)(H,21,24). The first kappa shape index (κ1) is 18.9. The van der Waals surface area contributed by atoms with Crippen LogP contribution in [-0.2, 0) is 26.3 Å². The van der Waals surface area contributed by atoms with E-state index in [2.05, 4.69) is 10.2 Å². The number of hydrogen-bond donors (Lipinski definition) is 2. The molecule has 3 N–H and O–H groups in total. The van der Waals surface area contributed by atoms with Gasteiger partial charge in [0.1, 0.15) is 0 Å². The van der Waals surface area contributed by atoms with Gasteiger partial charge < -0.3 is 25.4 Å². The van der Waals surface area contributed by atoms with Crippen molar-refractivity contribution in [3.05, 3.63) is 21.4 Å². The smallest absolute Gasteiger partial charge is 0.261 e. The fourth-order valence-electron chi connectivity index (χ4n) is 4.37. The molecule has 0 saturated carbocycles. The van der Waals surface area contributed by atoms with Crippen molar-refractivity contribution >= 4 is 23.2 Å². The van der Waals surface area contributed by atoms with E-state index < -0.39 is 5.91 Å². The van der Waals surface area contributed by atoms with Gasteiger partial charge in [0.25, 0.3) is 5.91 Å². The first-order valence-electron chi connectivity index (χ1n) is 9.73. The molecule has 0 aliphatic carbocycles. The van der Waals surface area contributed by atoms with Gasteiger partial charge in [0.15, 0.2) is 0 Å². The molecule has 1 spiro atoms. The highest BCUT2D eigenvalue weighted by Gasteiger charge is 2.42. The number of primary amides is 1. The minimum absolute atomic E-state index is 0.138. The summed E-state index contributed by atoms with van der Waals surface area (Å²) in [4.78, 5) is 27.6. The summed E-state index contributed by atoms with van der Waals surface area (Å²) in [6.45, 7) is 4.43. The lowest BCUT2D eigenvalue weighted by Gasteiger charge is -2.44. The summed E-state index contributed by atoms with van der Waals surface area (Å²) < 4.78 is 12.1. The lowest BCUT2D eigenvalue weighted by Crippen LogP contribution is -2.47. The van der Waals surface area contributed by atoms with E-state index in [0.717, 1.165) is 51.9 Å². The number of ether oxygens (including phenoxy) is 2. The maximum Gasteiger partial charge on any atom is 0.261 e. The molecule has 2 amide bonds. The number of amides is 2. The van der Waals surface area contributed by atoms with E-state index in [1.807, 2.05) is 6.07 Å². The number of rotatable bonds is 5. The normalized spacial score (nSPS) is 24.7. The zero-order chi connectivity index (χ0) is 18.9. The molecule has 27 heavy (non-hydrogen) atoms. The minimum Gasteiger partial charge on any atom is -0.377 e. The van der Waals surface area contributed by atoms with E-state index in [4.69, 9.17) is 15.2 Å². The second-order valence-electron chi connectivity index (χ2n) is 7.62. The summed E-state index contributed by atoms with van der Waals surface area (Å²) in [6.07, 6.45) is 5.42. The monoisotopic (exact) mass is 393 g/mol. The zero-order valence-electron chi connectivity index (χ0n) is 15.5. The van der Waals surface area contributed by atoms with Crippen molar-refractivity contribution in [2.75, 3.05) is 39.4 Å². The molecule has 3 aliphatic rings. The van der Waals surface area contributed by atoms with Gasteiger partial charge >= 0.3 is 0 Å². The van der Waals surface area contributed by atoms with Gasteiger partial charge in [-0.25, -0.2) is 0 Å². The Balaban J connectivity index is 1.43. The summed E-state index contributed by atoms with van der Waals surface area (Å²) in [5, 5.41) is 2.58. The quantitative estimate of drug-likeness (QED) is 0.779. The summed E-state index contributed by atoms with van der Waals surface area (Å²) in [5.74, 6) is -0.776. The molecule has 1 aromatic rings. The average molecular weight is 394 g/mol. The van der Waals surface area contributed by atoms with E-state index in [-0.39, 0.29) is 18.1 Å². The number of thiophene rings is 1. The average Bonchev–Trinajstić information content (AvgIpc) is 3.32. The summed E-state index contributed by atoms with van der Waals surface area (Å²) in [5.41, 5.74) is 6.00. The van der Waals surface area contributed by atoms with Crippen LogP contribution in [0.15, 0.2) is 6.07 Å². The highest BCUT2D eigenvalue weighted by atomic mass is 32.1. The molecule has 0 bridgehead atoms. The predicted octanol–water partition coefficient (Wildman–Crippen LogP) is 1.01. The Kier molecular flexibility index (Phi) is 5.50. The molecule has 8 heteroatoms. The molecule has 1 unspecified atom stereocenters. The van der Waals surface area contributed by atoms with Crippen LogP contribution in [0.2, 0.25) is 0 Å². The maximum atomic E-state index is 12.3. The molecule has 1 atom stereocenters. The van der Waals surface area contributed by atoms with Crippen LogP contribution in [0, 0.1) is 0 Å². The van der Waals surface area contributed by atoms with Crippen molar-refractivity contribution in [1.82, 2.24) is 10.2 Å². The van der Waals surface area contributed by atoms with Gasteiger partial charge in [-0.05, 0) is 37.3 Å². The van der Waals surface area contributed by atoms with Crippen LogP contribution in [0.4, 0.5) is 0 Å². The fourth-order valence-corrected chi connectivity index (χ4v) is 5.52. The Bertz CT molecular complexity index is 706. The van der Waals surface area contributed by atoms with E-state index >= 15 is 0 Å². The third-order valence-corrected chi connectivity index (χ3v) is 7.00. The number of nitrogens with zero attached hydrogens (tertiary/aromatic N) is 1. The largest absolute Gasteiger partial charge is 0.377 e. The molecule has 1 aromatic heterocycles. The first-order valence-corrected chi connectivity index (χ1v) is 10.5. The van der Waals surface area contributed by atoms with Gasteiger partial charge in [0.05, 0.1) is 29.7 Å². The molecule has 0 aromatic carbocycles. The molecular formula is C19H27N3O4S. The van der Waals surface area contributed by atoms with E-state index in [9.17, 15) is 9.59 Å². The van der Waals surface area contributed by atoms with E-state index in [0.29, 0.717) is 17.6 Å². The Labute approximate surface area is 163 Å². The molecule has 2 saturated heterocycles. The number of nitrogens with one attached hydrogen (secondary N) is 1. The maximum absolute atomic E-state index is 12.3. The molecule has 4 rings (SSSR count). The number of likely N-dealkylation sites (tertiary alicyclic amines) is 1. The summed E-state index contributed by atoms with van der Waals surface area (Å²) >= 11 is 1.51. The molecule has 7 nitrogen and oxygen atoms in total. The van der Waals surface area contributed by atoms with Crippen molar-refractivity contribution in [3.63, 3.8) is 0 Å². The highest BCUT2D eigenvalue weighted by molar-refractivity contribution is 7.14. The van der Waals surface area contributed by atoms with Gasteiger partial charge in [0.2, 0.25) is 5.91 Å². The fraction of sp³-hybridized carbons (Fsp3) is 0.684. The van der Waals surface area contributed by atoms with Gasteiger partial charge in [-0.2, -0.15) is 0 Å². The van der Waals surface area contributed by atoms with E-state index in [1.165, 1.54) is 28.2 Å². The molecule has 148 valence electrons. The van der Waals surface area contributed by atoms with Crippen molar-refractivity contribution in [2.24, 2.45) is 5.73 Å². The van der Waals surface area contributed by atoms with Crippen molar-refractivity contribution in [3.8, 4) is 0 Å². The Morgan fingerprint density at radius 2 is 2.15 bits per heavy atom. The van der Waals surface area contributed by atoms with E-state index in [1.54, 1.807) is 0 Å². The molecule has 0 radical (unpaired) electrons. The van der Waals surface area contributed by atoms with Crippen LogP contribution >= 0.6 is 11.3 Å². The van der Waals surface area contributed by atoms with Crippen LogP contribution in [0.1, 0.15) is 45.8 Å². The van der Waals surface area contributed by atoms with Gasteiger partial charge in [0, 0.05) is 37.5 Å². The van der Waals surface area contributed by atoms with Gasteiger partial charge in [-0.15, -0.1) is 11.3 Å². The number of piperidine rings is 1. The highest BCUT2D eigenvalue weighted by Crippen LogP contribution is 2.44. The van der Waals surface area contributed by atoms with Crippen molar-refractivity contribution < 1.29 is 19.1 Å². The number of hydrogen-bond acceptors (Lipinski definition) is 6. The number of carbonyl (C=O) groups is 2. The second kappa shape index (κ2) is 7.87.